The van der Waals surface area contributed by atoms with E-state index in [9.17, 15) is 0 Å². The van der Waals surface area contributed by atoms with Crippen LogP contribution in [0, 0.1) is 6.20 Å². The number of halogens is 1. The van der Waals surface area contributed by atoms with E-state index in [0.29, 0.717) is 0 Å². The molecule has 1 aliphatic heterocycles. The van der Waals surface area contributed by atoms with E-state index in [1.165, 1.54) is 4.48 Å². The molecular formula is C5H5BrN. The Morgan fingerprint density at radius 3 is 3.00 bits per heavy atom. The maximum Gasteiger partial charge on any atom is 0.0579 e. The molecule has 1 N–H and O–H groups in total. The Bertz CT molecular complexity index is 115. The molecule has 2 heteroatoms. The molecule has 0 unspecified atom stereocenters. The van der Waals surface area contributed by atoms with Crippen LogP contribution >= 0.6 is 15.9 Å². The van der Waals surface area contributed by atoms with Crippen LogP contribution in [0.2, 0.25) is 0 Å². The molecule has 0 saturated carbocycles. The van der Waals surface area contributed by atoms with Gasteiger partial charge in [-0.2, -0.15) is 0 Å². The standard InChI is InChI=1S/C5H5BrN/c6-5-2-1-3-7-4-5/h1-2,7H,4H2. The van der Waals surface area contributed by atoms with Gasteiger partial charge in [0.25, 0.3) is 0 Å². The first kappa shape index (κ1) is 4.91. The normalized spacial score (nSPS) is 18.1. The SMILES string of the molecule is BrC1=CC=[C]NC1. The molecule has 37 valence electrons. The number of nitrogens with one attached hydrogen (secondary N) is 1. The largest absolute Gasteiger partial charge is 0.379 e. The minimum absolute atomic E-state index is 0.872. The van der Waals surface area contributed by atoms with Gasteiger partial charge in [-0.25, -0.2) is 0 Å². The summed E-state index contributed by atoms with van der Waals surface area (Å²) in [6.07, 6.45) is 6.64. The summed E-state index contributed by atoms with van der Waals surface area (Å²) in [6.45, 7) is 0.872. The maximum atomic E-state index is 3.32. The van der Waals surface area contributed by atoms with E-state index >= 15 is 0 Å². The van der Waals surface area contributed by atoms with E-state index in [2.05, 4.69) is 27.4 Å². The quantitative estimate of drug-likeness (QED) is 0.559. The summed E-state index contributed by atoms with van der Waals surface area (Å²) in [5.41, 5.74) is 0. The smallest absolute Gasteiger partial charge is 0.0579 e. The van der Waals surface area contributed by atoms with Crippen molar-refractivity contribution in [3.8, 4) is 0 Å². The van der Waals surface area contributed by atoms with Crippen molar-refractivity contribution in [2.75, 3.05) is 6.54 Å². The van der Waals surface area contributed by atoms with Crippen molar-refractivity contribution in [2.24, 2.45) is 0 Å². The third kappa shape index (κ3) is 1.35. The predicted molar refractivity (Wildman–Crippen MR) is 32.8 cm³/mol. The lowest BCUT2D eigenvalue weighted by Crippen LogP contribution is -2.09. The average Bonchev–Trinajstić information content (AvgIpc) is 1.69. The molecule has 0 saturated heterocycles. The van der Waals surface area contributed by atoms with E-state index in [4.69, 9.17) is 0 Å². The molecule has 0 atom stereocenters. The van der Waals surface area contributed by atoms with Crippen molar-refractivity contribution in [2.45, 2.75) is 0 Å². The maximum absolute atomic E-state index is 3.32. The van der Waals surface area contributed by atoms with Gasteiger partial charge in [0.1, 0.15) is 0 Å². The van der Waals surface area contributed by atoms with Gasteiger partial charge in [0.05, 0.1) is 6.20 Å². The minimum Gasteiger partial charge on any atom is -0.379 e. The van der Waals surface area contributed by atoms with Crippen molar-refractivity contribution in [3.05, 3.63) is 22.8 Å². The molecule has 7 heavy (non-hydrogen) atoms. The van der Waals surface area contributed by atoms with Crippen molar-refractivity contribution in [3.63, 3.8) is 0 Å². The number of allylic oxidation sites excluding steroid dienone is 2. The summed E-state index contributed by atoms with van der Waals surface area (Å²) >= 11 is 3.32. The first-order valence-electron chi connectivity index (χ1n) is 2.06. The fourth-order valence-electron chi connectivity index (χ4n) is 0.385. The molecule has 0 aliphatic carbocycles. The highest BCUT2D eigenvalue weighted by molar-refractivity contribution is 9.11. The fraction of sp³-hybridized carbons (Fsp3) is 0.200. The second-order valence-electron chi connectivity index (χ2n) is 1.28. The van der Waals surface area contributed by atoms with Crippen LogP contribution in [0.1, 0.15) is 0 Å². The third-order valence-electron chi connectivity index (χ3n) is 0.707. The topological polar surface area (TPSA) is 12.0 Å². The lowest BCUT2D eigenvalue weighted by Gasteiger charge is -2.00. The zero-order valence-electron chi connectivity index (χ0n) is 3.74. The lowest BCUT2D eigenvalue weighted by atomic mass is 10.4. The van der Waals surface area contributed by atoms with Crippen LogP contribution in [0.4, 0.5) is 0 Å². The average molecular weight is 159 g/mol. The molecule has 0 bridgehead atoms. The van der Waals surface area contributed by atoms with E-state index in [1.54, 1.807) is 0 Å². The van der Waals surface area contributed by atoms with Crippen LogP contribution in [0.15, 0.2) is 16.6 Å². The highest BCUT2D eigenvalue weighted by Gasteiger charge is 1.89. The Balaban J connectivity index is 2.57. The van der Waals surface area contributed by atoms with Gasteiger partial charge in [0, 0.05) is 11.0 Å². The van der Waals surface area contributed by atoms with Crippen molar-refractivity contribution in [1.82, 2.24) is 5.32 Å². The van der Waals surface area contributed by atoms with Crippen LogP contribution in [0.3, 0.4) is 0 Å². The molecule has 1 nitrogen and oxygen atoms in total. The number of rotatable bonds is 0. The Labute approximate surface area is 51.2 Å². The van der Waals surface area contributed by atoms with E-state index in [1.807, 2.05) is 12.2 Å². The van der Waals surface area contributed by atoms with Crippen LogP contribution < -0.4 is 5.32 Å². The predicted octanol–water partition coefficient (Wildman–Crippen LogP) is 1.19. The monoisotopic (exact) mass is 158 g/mol. The summed E-state index contributed by atoms with van der Waals surface area (Å²) in [4.78, 5) is 0. The van der Waals surface area contributed by atoms with Crippen LogP contribution in [0.5, 0.6) is 0 Å². The van der Waals surface area contributed by atoms with Gasteiger partial charge in [-0.3, -0.25) is 0 Å². The lowest BCUT2D eigenvalue weighted by molar-refractivity contribution is 0.934. The number of dihydropyridines is 1. The van der Waals surface area contributed by atoms with E-state index in [-0.39, 0.29) is 0 Å². The minimum atomic E-state index is 0.872. The van der Waals surface area contributed by atoms with Crippen molar-refractivity contribution < 1.29 is 0 Å². The second-order valence-corrected chi connectivity index (χ2v) is 2.30. The summed E-state index contributed by atoms with van der Waals surface area (Å²) in [5, 5.41) is 2.91. The molecule has 0 amide bonds. The van der Waals surface area contributed by atoms with Crippen LogP contribution in [-0.2, 0) is 0 Å². The zero-order chi connectivity index (χ0) is 5.11. The highest BCUT2D eigenvalue weighted by atomic mass is 79.9. The van der Waals surface area contributed by atoms with Gasteiger partial charge < -0.3 is 5.32 Å². The number of hydrogen-bond acceptors (Lipinski definition) is 1. The van der Waals surface area contributed by atoms with Gasteiger partial charge in [0.15, 0.2) is 0 Å². The van der Waals surface area contributed by atoms with Gasteiger partial charge in [0.2, 0.25) is 0 Å². The molecule has 0 aromatic carbocycles. The Hall–Kier alpha value is -0.240. The second kappa shape index (κ2) is 2.17. The van der Waals surface area contributed by atoms with Crippen molar-refractivity contribution >= 4 is 15.9 Å². The fourth-order valence-corrected chi connectivity index (χ4v) is 0.658. The van der Waals surface area contributed by atoms with E-state index < -0.39 is 0 Å². The first-order chi connectivity index (χ1) is 3.39. The Kier molecular flexibility index (Phi) is 1.52. The zero-order valence-corrected chi connectivity index (χ0v) is 5.33. The molecule has 1 heterocycles. The molecule has 0 fully saturated rings. The molecule has 1 rings (SSSR count). The van der Waals surface area contributed by atoms with Gasteiger partial charge in [-0.05, 0) is 12.2 Å². The third-order valence-corrected chi connectivity index (χ3v) is 1.25. The molecule has 0 aromatic rings. The Morgan fingerprint density at radius 1 is 1.86 bits per heavy atom. The Morgan fingerprint density at radius 2 is 2.71 bits per heavy atom. The summed E-state index contributed by atoms with van der Waals surface area (Å²) in [5.74, 6) is 0. The summed E-state index contributed by atoms with van der Waals surface area (Å²) in [6, 6.07) is 0. The highest BCUT2D eigenvalue weighted by Crippen LogP contribution is 2.04. The molecular weight excluding hydrogens is 154 g/mol. The molecule has 0 spiro atoms. The van der Waals surface area contributed by atoms with Gasteiger partial charge >= 0.3 is 0 Å². The van der Waals surface area contributed by atoms with Crippen molar-refractivity contribution in [1.29, 1.82) is 0 Å². The van der Waals surface area contributed by atoms with Crippen LogP contribution in [-0.4, -0.2) is 6.54 Å². The van der Waals surface area contributed by atoms with E-state index in [0.717, 1.165) is 6.54 Å². The van der Waals surface area contributed by atoms with Crippen LogP contribution in [0.25, 0.3) is 0 Å². The summed E-state index contributed by atoms with van der Waals surface area (Å²) < 4.78 is 1.17. The number of hydrogen-bond donors (Lipinski definition) is 1. The first-order valence-corrected chi connectivity index (χ1v) is 2.85. The molecule has 1 aliphatic rings. The van der Waals surface area contributed by atoms with Gasteiger partial charge in [-0.1, -0.05) is 15.9 Å². The van der Waals surface area contributed by atoms with Gasteiger partial charge in [-0.15, -0.1) is 0 Å². The molecule has 0 aromatic heterocycles. The molecule has 1 radical (unpaired) electrons. The summed E-state index contributed by atoms with van der Waals surface area (Å²) in [7, 11) is 0.